The van der Waals surface area contributed by atoms with Crippen molar-refractivity contribution in [3.63, 3.8) is 0 Å². The maximum atomic E-state index is 12.8. The molecule has 0 bridgehead atoms. The topological polar surface area (TPSA) is 49.4 Å². The van der Waals surface area contributed by atoms with Crippen molar-refractivity contribution in [3.8, 4) is 0 Å². The van der Waals surface area contributed by atoms with Crippen molar-refractivity contribution >= 4 is 29.1 Å². The Morgan fingerprint density at radius 2 is 1.79 bits per heavy atom. The van der Waals surface area contributed by atoms with Crippen molar-refractivity contribution in [1.82, 2.24) is 4.90 Å². The minimum Gasteiger partial charge on any atom is -0.345 e. The molecule has 0 aliphatic carbocycles. The average Bonchev–Trinajstić information content (AvgIpc) is 2.54. The zero-order valence-corrected chi connectivity index (χ0v) is 14.2. The van der Waals surface area contributed by atoms with E-state index in [4.69, 9.17) is 11.6 Å². The third-order valence-corrected chi connectivity index (χ3v) is 3.76. The summed E-state index contributed by atoms with van der Waals surface area (Å²) in [5.74, 6) is -0.679. The van der Waals surface area contributed by atoms with Gasteiger partial charge in [-0.2, -0.15) is 0 Å². The van der Waals surface area contributed by atoms with Gasteiger partial charge in [-0.15, -0.1) is 0 Å². The fourth-order valence-electron chi connectivity index (χ4n) is 2.14. The Bertz CT molecular complexity index is 745. The van der Waals surface area contributed by atoms with Crippen LogP contribution in [0.3, 0.4) is 0 Å². The number of aryl methyl sites for hydroxylation is 1. The van der Waals surface area contributed by atoms with Crippen molar-refractivity contribution in [2.75, 3.05) is 19.4 Å². The van der Waals surface area contributed by atoms with E-state index in [0.717, 1.165) is 5.56 Å². The van der Waals surface area contributed by atoms with E-state index >= 15 is 0 Å². The minimum absolute atomic E-state index is 0.179. The van der Waals surface area contributed by atoms with Gasteiger partial charge in [0.2, 0.25) is 5.91 Å². The van der Waals surface area contributed by atoms with Crippen molar-refractivity contribution in [1.29, 1.82) is 0 Å². The second-order valence-corrected chi connectivity index (χ2v) is 5.98. The van der Waals surface area contributed by atoms with Crippen LogP contribution in [0.4, 0.5) is 10.1 Å². The number of nitrogens with one attached hydrogen (secondary N) is 1. The van der Waals surface area contributed by atoms with Gasteiger partial charge < -0.3 is 10.2 Å². The summed E-state index contributed by atoms with van der Waals surface area (Å²) in [6, 6.07) is 10.8. The Morgan fingerprint density at radius 3 is 2.38 bits per heavy atom. The van der Waals surface area contributed by atoms with E-state index in [1.54, 1.807) is 44.4 Å². The summed E-state index contributed by atoms with van der Waals surface area (Å²) >= 11 is 6.11. The van der Waals surface area contributed by atoms with Crippen LogP contribution in [0.1, 0.15) is 22.3 Å². The van der Waals surface area contributed by atoms with Gasteiger partial charge in [-0.25, -0.2) is 4.39 Å². The molecule has 6 heteroatoms. The van der Waals surface area contributed by atoms with Crippen molar-refractivity contribution in [2.45, 2.75) is 12.8 Å². The molecule has 2 rings (SSSR count). The third kappa shape index (κ3) is 4.80. The maximum absolute atomic E-state index is 12.8. The standard InChI is InChI=1S/C18H18ClFN2O2/c1-22(2)18(24)15-9-8-14(11-16(15)19)21-17(23)10-5-12-3-6-13(20)7-4-12/h3-4,6-9,11H,5,10H2,1-2H3,(H,21,23). The minimum atomic E-state index is -0.301. The fourth-order valence-corrected chi connectivity index (χ4v) is 2.40. The molecule has 0 fully saturated rings. The zero-order chi connectivity index (χ0) is 17.7. The molecule has 0 radical (unpaired) electrons. The molecule has 0 saturated carbocycles. The molecule has 126 valence electrons. The highest BCUT2D eigenvalue weighted by atomic mass is 35.5. The van der Waals surface area contributed by atoms with Crippen LogP contribution in [0.5, 0.6) is 0 Å². The van der Waals surface area contributed by atoms with E-state index in [1.165, 1.54) is 17.0 Å². The quantitative estimate of drug-likeness (QED) is 0.894. The molecule has 0 aromatic heterocycles. The number of halogens is 2. The summed E-state index contributed by atoms with van der Waals surface area (Å²) in [5.41, 5.74) is 1.79. The van der Waals surface area contributed by atoms with E-state index in [0.29, 0.717) is 17.7 Å². The van der Waals surface area contributed by atoms with E-state index in [-0.39, 0.29) is 29.1 Å². The SMILES string of the molecule is CN(C)C(=O)c1ccc(NC(=O)CCc2ccc(F)cc2)cc1Cl. The average molecular weight is 349 g/mol. The molecule has 24 heavy (non-hydrogen) atoms. The Balaban J connectivity index is 1.95. The van der Waals surface area contributed by atoms with Crippen LogP contribution in [0.15, 0.2) is 42.5 Å². The van der Waals surface area contributed by atoms with Crippen LogP contribution in [0, 0.1) is 5.82 Å². The lowest BCUT2D eigenvalue weighted by molar-refractivity contribution is -0.116. The molecule has 2 aromatic rings. The summed E-state index contributed by atoms with van der Waals surface area (Å²) in [6.07, 6.45) is 0.776. The fraction of sp³-hybridized carbons (Fsp3) is 0.222. The lowest BCUT2D eigenvalue weighted by Crippen LogP contribution is -2.22. The summed E-state index contributed by atoms with van der Waals surface area (Å²) in [5, 5.41) is 3.02. The molecule has 0 unspecified atom stereocenters. The van der Waals surface area contributed by atoms with Crippen LogP contribution in [0.2, 0.25) is 5.02 Å². The summed E-state index contributed by atoms with van der Waals surface area (Å²) < 4.78 is 12.8. The highest BCUT2D eigenvalue weighted by Gasteiger charge is 2.13. The van der Waals surface area contributed by atoms with Crippen molar-refractivity contribution < 1.29 is 14.0 Å². The van der Waals surface area contributed by atoms with Gasteiger partial charge in [0.15, 0.2) is 0 Å². The van der Waals surface area contributed by atoms with Crippen molar-refractivity contribution in [3.05, 3.63) is 64.4 Å². The summed E-state index contributed by atoms with van der Waals surface area (Å²) in [7, 11) is 3.29. The number of hydrogen-bond donors (Lipinski definition) is 1. The lowest BCUT2D eigenvalue weighted by Gasteiger charge is -2.13. The van der Waals surface area contributed by atoms with E-state index in [1.807, 2.05) is 0 Å². The van der Waals surface area contributed by atoms with Gasteiger partial charge in [-0.3, -0.25) is 9.59 Å². The molecule has 0 heterocycles. The monoisotopic (exact) mass is 348 g/mol. The molecular formula is C18H18ClFN2O2. The summed E-state index contributed by atoms with van der Waals surface area (Å²) in [4.78, 5) is 25.3. The lowest BCUT2D eigenvalue weighted by atomic mass is 10.1. The van der Waals surface area contributed by atoms with E-state index in [9.17, 15) is 14.0 Å². The second kappa shape index (κ2) is 7.93. The number of amides is 2. The highest BCUT2D eigenvalue weighted by molar-refractivity contribution is 6.34. The molecule has 0 spiro atoms. The van der Waals surface area contributed by atoms with Crippen LogP contribution in [-0.4, -0.2) is 30.8 Å². The molecule has 1 N–H and O–H groups in total. The predicted molar refractivity (Wildman–Crippen MR) is 92.8 cm³/mol. The maximum Gasteiger partial charge on any atom is 0.254 e. The predicted octanol–water partition coefficient (Wildman–Crippen LogP) is 3.75. The van der Waals surface area contributed by atoms with Crippen molar-refractivity contribution in [2.24, 2.45) is 0 Å². The Hall–Kier alpha value is -2.40. The third-order valence-electron chi connectivity index (χ3n) is 3.44. The van der Waals surface area contributed by atoms with E-state index in [2.05, 4.69) is 5.32 Å². The second-order valence-electron chi connectivity index (χ2n) is 5.57. The Labute approximate surface area is 145 Å². The van der Waals surface area contributed by atoms with Gasteiger partial charge in [0.1, 0.15) is 5.82 Å². The molecule has 2 amide bonds. The van der Waals surface area contributed by atoms with Gasteiger partial charge >= 0.3 is 0 Å². The molecule has 0 aliphatic heterocycles. The van der Waals surface area contributed by atoms with Crippen LogP contribution in [0.25, 0.3) is 0 Å². The number of carbonyl (C=O) groups excluding carboxylic acids is 2. The molecule has 0 atom stereocenters. The van der Waals surface area contributed by atoms with Gasteiger partial charge in [0, 0.05) is 26.2 Å². The van der Waals surface area contributed by atoms with Crippen LogP contribution in [-0.2, 0) is 11.2 Å². The summed E-state index contributed by atoms with van der Waals surface area (Å²) in [6.45, 7) is 0. The largest absolute Gasteiger partial charge is 0.345 e. The smallest absolute Gasteiger partial charge is 0.254 e. The van der Waals surface area contributed by atoms with Gasteiger partial charge in [-0.05, 0) is 42.3 Å². The first-order valence-electron chi connectivity index (χ1n) is 7.42. The van der Waals surface area contributed by atoms with Crippen LogP contribution < -0.4 is 5.32 Å². The highest BCUT2D eigenvalue weighted by Crippen LogP contribution is 2.22. The number of rotatable bonds is 5. The normalized spacial score (nSPS) is 10.3. The first-order valence-corrected chi connectivity index (χ1v) is 7.80. The first-order chi connectivity index (χ1) is 11.4. The molecule has 4 nitrogen and oxygen atoms in total. The first kappa shape index (κ1) is 17.9. The number of carbonyl (C=O) groups is 2. The van der Waals surface area contributed by atoms with Gasteiger partial charge in [-0.1, -0.05) is 23.7 Å². The molecule has 0 saturated heterocycles. The number of benzene rings is 2. The Kier molecular flexibility index (Phi) is 5.93. The van der Waals surface area contributed by atoms with Gasteiger partial charge in [0.25, 0.3) is 5.91 Å². The molecule has 0 aliphatic rings. The number of anilines is 1. The molecule has 2 aromatic carbocycles. The van der Waals surface area contributed by atoms with E-state index < -0.39 is 0 Å². The Morgan fingerprint density at radius 1 is 1.12 bits per heavy atom. The number of nitrogens with zero attached hydrogens (tertiary/aromatic N) is 1. The zero-order valence-electron chi connectivity index (χ0n) is 13.5. The number of hydrogen-bond acceptors (Lipinski definition) is 2. The van der Waals surface area contributed by atoms with Crippen LogP contribution >= 0.6 is 11.6 Å². The van der Waals surface area contributed by atoms with Gasteiger partial charge in [0.05, 0.1) is 10.6 Å². The molecular weight excluding hydrogens is 331 g/mol.